The number of anilines is 1. The number of aryl methyl sites for hydroxylation is 2. The van der Waals surface area contributed by atoms with Crippen LogP contribution in [0.4, 0.5) is 5.95 Å². The Morgan fingerprint density at radius 2 is 1.89 bits per heavy atom. The van der Waals surface area contributed by atoms with Crippen molar-refractivity contribution in [3.8, 4) is 0 Å². The van der Waals surface area contributed by atoms with Crippen LogP contribution in [0.15, 0.2) is 0 Å². The highest BCUT2D eigenvalue weighted by Crippen LogP contribution is 2.16. The molecule has 2 heterocycles. The van der Waals surface area contributed by atoms with Gasteiger partial charge in [-0.05, 0) is 52.6 Å². The zero-order valence-electron chi connectivity index (χ0n) is 11.6. The smallest absolute Gasteiger partial charge is 0.245 e. The molecule has 0 spiro atoms. The van der Waals surface area contributed by atoms with Crippen molar-refractivity contribution in [2.45, 2.75) is 33.6 Å². The van der Waals surface area contributed by atoms with Gasteiger partial charge in [0.2, 0.25) is 5.95 Å². The Labute approximate surface area is 109 Å². The number of hydrogen-bond donors (Lipinski definition) is 1. The molecule has 1 aliphatic heterocycles. The van der Waals surface area contributed by atoms with E-state index in [2.05, 4.69) is 32.3 Å². The number of hydrogen-bond acceptors (Lipinski definition) is 5. The second-order valence-corrected chi connectivity index (χ2v) is 5.01. The van der Waals surface area contributed by atoms with Gasteiger partial charge >= 0.3 is 0 Å². The normalized spacial score (nSPS) is 16.8. The van der Waals surface area contributed by atoms with Crippen molar-refractivity contribution < 1.29 is 0 Å². The molecule has 0 bridgehead atoms. The first-order chi connectivity index (χ1) is 8.70. The first-order valence-electron chi connectivity index (χ1n) is 6.84. The summed E-state index contributed by atoms with van der Waals surface area (Å²) in [6.07, 6.45) is 2.49. The van der Waals surface area contributed by atoms with Gasteiger partial charge in [0.05, 0.1) is 11.4 Å². The van der Waals surface area contributed by atoms with Crippen LogP contribution in [0.3, 0.4) is 0 Å². The Bertz CT molecular complexity index is 387. The molecule has 0 radical (unpaired) electrons. The van der Waals surface area contributed by atoms with Gasteiger partial charge in [-0.25, -0.2) is 4.98 Å². The SMILES string of the molecule is CCN(CC1CCNCC1)c1nnc(C)c(C)n1. The number of nitrogens with zero attached hydrogens (tertiary/aromatic N) is 4. The number of rotatable bonds is 4. The van der Waals surface area contributed by atoms with Crippen LogP contribution in [-0.4, -0.2) is 41.4 Å². The van der Waals surface area contributed by atoms with E-state index < -0.39 is 0 Å². The van der Waals surface area contributed by atoms with E-state index in [1.54, 1.807) is 0 Å². The Morgan fingerprint density at radius 1 is 1.17 bits per heavy atom. The van der Waals surface area contributed by atoms with Crippen molar-refractivity contribution >= 4 is 5.95 Å². The zero-order chi connectivity index (χ0) is 13.0. The molecule has 18 heavy (non-hydrogen) atoms. The second-order valence-electron chi connectivity index (χ2n) is 5.01. The van der Waals surface area contributed by atoms with Gasteiger partial charge < -0.3 is 10.2 Å². The summed E-state index contributed by atoms with van der Waals surface area (Å²) in [5.74, 6) is 1.52. The largest absolute Gasteiger partial charge is 0.340 e. The van der Waals surface area contributed by atoms with Gasteiger partial charge in [0.25, 0.3) is 0 Å². The number of nitrogens with one attached hydrogen (secondary N) is 1. The third-order valence-electron chi connectivity index (χ3n) is 3.68. The number of aromatic nitrogens is 3. The van der Waals surface area contributed by atoms with E-state index in [9.17, 15) is 0 Å². The van der Waals surface area contributed by atoms with E-state index >= 15 is 0 Å². The molecule has 1 aromatic heterocycles. The summed E-state index contributed by atoms with van der Waals surface area (Å²) < 4.78 is 0. The van der Waals surface area contributed by atoms with E-state index in [0.717, 1.165) is 49.4 Å². The van der Waals surface area contributed by atoms with Gasteiger partial charge in [0.1, 0.15) is 0 Å². The predicted molar refractivity (Wildman–Crippen MR) is 72.8 cm³/mol. The summed E-state index contributed by atoms with van der Waals surface area (Å²) in [5, 5.41) is 11.8. The quantitative estimate of drug-likeness (QED) is 0.872. The van der Waals surface area contributed by atoms with Crippen LogP contribution >= 0.6 is 0 Å². The Balaban J connectivity index is 2.04. The Hall–Kier alpha value is -1.23. The highest BCUT2D eigenvalue weighted by molar-refractivity contribution is 5.29. The minimum Gasteiger partial charge on any atom is -0.340 e. The molecule has 0 unspecified atom stereocenters. The first kappa shape index (κ1) is 13.2. The van der Waals surface area contributed by atoms with Gasteiger partial charge in [-0.3, -0.25) is 0 Å². The van der Waals surface area contributed by atoms with Gasteiger partial charge in [0.15, 0.2) is 0 Å². The van der Waals surface area contributed by atoms with Crippen LogP contribution in [0, 0.1) is 19.8 Å². The lowest BCUT2D eigenvalue weighted by Gasteiger charge is -2.29. The number of piperidine rings is 1. The lowest BCUT2D eigenvalue weighted by molar-refractivity contribution is 0.373. The van der Waals surface area contributed by atoms with Crippen molar-refractivity contribution in [2.24, 2.45) is 5.92 Å². The van der Waals surface area contributed by atoms with Gasteiger partial charge in [0, 0.05) is 13.1 Å². The summed E-state index contributed by atoms with van der Waals surface area (Å²) in [4.78, 5) is 6.79. The topological polar surface area (TPSA) is 53.9 Å². The van der Waals surface area contributed by atoms with Crippen LogP contribution in [0.25, 0.3) is 0 Å². The molecule has 100 valence electrons. The third-order valence-corrected chi connectivity index (χ3v) is 3.68. The molecule has 0 aliphatic carbocycles. The average molecular weight is 249 g/mol. The second kappa shape index (κ2) is 6.09. The Morgan fingerprint density at radius 3 is 2.50 bits per heavy atom. The van der Waals surface area contributed by atoms with Crippen LogP contribution in [-0.2, 0) is 0 Å². The van der Waals surface area contributed by atoms with E-state index in [0.29, 0.717) is 0 Å². The predicted octanol–water partition coefficient (Wildman–Crippen LogP) is 1.31. The minimum atomic E-state index is 0.747. The molecule has 5 heteroatoms. The third kappa shape index (κ3) is 3.16. The van der Waals surface area contributed by atoms with Crippen LogP contribution < -0.4 is 10.2 Å². The van der Waals surface area contributed by atoms with Gasteiger partial charge in [-0.2, -0.15) is 5.10 Å². The monoisotopic (exact) mass is 249 g/mol. The van der Waals surface area contributed by atoms with Gasteiger partial charge in [-0.15, -0.1) is 5.10 Å². The molecule has 0 aromatic carbocycles. The van der Waals surface area contributed by atoms with Crippen LogP contribution in [0.2, 0.25) is 0 Å². The highest BCUT2D eigenvalue weighted by Gasteiger charge is 2.18. The van der Waals surface area contributed by atoms with Crippen molar-refractivity contribution in [3.63, 3.8) is 0 Å². The molecular weight excluding hydrogens is 226 g/mol. The van der Waals surface area contributed by atoms with Crippen molar-refractivity contribution in [2.75, 3.05) is 31.1 Å². The summed E-state index contributed by atoms with van der Waals surface area (Å²) in [6, 6.07) is 0. The summed E-state index contributed by atoms with van der Waals surface area (Å²) in [7, 11) is 0. The van der Waals surface area contributed by atoms with Crippen LogP contribution in [0.1, 0.15) is 31.2 Å². The van der Waals surface area contributed by atoms with E-state index in [1.807, 2.05) is 13.8 Å². The van der Waals surface area contributed by atoms with Crippen molar-refractivity contribution in [3.05, 3.63) is 11.4 Å². The molecular formula is C13H23N5. The van der Waals surface area contributed by atoms with E-state index in [4.69, 9.17) is 0 Å². The van der Waals surface area contributed by atoms with Crippen LogP contribution in [0.5, 0.6) is 0 Å². The maximum Gasteiger partial charge on any atom is 0.245 e. The lowest BCUT2D eigenvalue weighted by atomic mass is 9.98. The molecule has 0 atom stereocenters. The first-order valence-corrected chi connectivity index (χ1v) is 6.84. The van der Waals surface area contributed by atoms with Crippen molar-refractivity contribution in [1.29, 1.82) is 0 Å². The zero-order valence-corrected chi connectivity index (χ0v) is 11.6. The maximum atomic E-state index is 4.55. The fourth-order valence-corrected chi connectivity index (χ4v) is 2.31. The van der Waals surface area contributed by atoms with E-state index in [-0.39, 0.29) is 0 Å². The molecule has 1 aliphatic rings. The Kier molecular flexibility index (Phi) is 4.47. The minimum absolute atomic E-state index is 0.747. The molecule has 1 fully saturated rings. The molecule has 2 rings (SSSR count). The fraction of sp³-hybridized carbons (Fsp3) is 0.769. The van der Waals surface area contributed by atoms with E-state index in [1.165, 1.54) is 12.8 Å². The molecule has 5 nitrogen and oxygen atoms in total. The summed E-state index contributed by atoms with van der Waals surface area (Å²) >= 11 is 0. The molecule has 1 saturated heterocycles. The summed E-state index contributed by atoms with van der Waals surface area (Å²) in [5.41, 5.74) is 1.89. The molecule has 0 saturated carbocycles. The molecule has 1 aromatic rings. The lowest BCUT2D eigenvalue weighted by Crippen LogP contribution is -2.37. The fourth-order valence-electron chi connectivity index (χ4n) is 2.31. The van der Waals surface area contributed by atoms with Gasteiger partial charge in [-0.1, -0.05) is 0 Å². The standard InChI is InChI=1S/C13H23N5/c1-4-18(9-12-5-7-14-8-6-12)13-15-10(2)11(3)16-17-13/h12,14H,4-9H2,1-3H3. The summed E-state index contributed by atoms with van der Waals surface area (Å²) in [6.45, 7) is 10.3. The van der Waals surface area contributed by atoms with Crippen molar-refractivity contribution in [1.82, 2.24) is 20.5 Å². The molecule has 1 N–H and O–H groups in total. The average Bonchev–Trinajstić information content (AvgIpc) is 2.40. The molecule has 0 amide bonds. The highest BCUT2D eigenvalue weighted by atomic mass is 15.3. The maximum absolute atomic E-state index is 4.55.